The molecule has 2 N–H and O–H groups in total. The van der Waals surface area contributed by atoms with Gasteiger partial charge in [-0.1, -0.05) is 20.8 Å². The third kappa shape index (κ3) is 2.68. The maximum absolute atomic E-state index is 5.97. The molecule has 0 aromatic heterocycles. The summed E-state index contributed by atoms with van der Waals surface area (Å²) in [5, 5.41) is 0. The molecular weight excluding hydrogens is 162 g/mol. The number of ether oxygens (including phenoxy) is 1. The average molecular weight is 185 g/mol. The molecule has 0 bridgehead atoms. The highest BCUT2D eigenvalue weighted by atomic mass is 16.5. The fourth-order valence-electron chi connectivity index (χ4n) is 1.88. The van der Waals surface area contributed by atoms with Gasteiger partial charge in [0.25, 0.3) is 0 Å². The van der Waals surface area contributed by atoms with Crippen LogP contribution < -0.4 is 5.73 Å². The van der Waals surface area contributed by atoms with Crippen LogP contribution in [0.25, 0.3) is 0 Å². The maximum Gasteiger partial charge on any atom is 0.0701 e. The lowest BCUT2D eigenvalue weighted by atomic mass is 9.80. The summed E-state index contributed by atoms with van der Waals surface area (Å²) in [6.07, 6.45) is 5.53. The van der Waals surface area contributed by atoms with Crippen LogP contribution in [0, 0.1) is 5.41 Å². The van der Waals surface area contributed by atoms with Crippen LogP contribution in [0.5, 0.6) is 0 Å². The molecular formula is C11H23NO. The lowest BCUT2D eigenvalue weighted by Gasteiger charge is -2.39. The van der Waals surface area contributed by atoms with Gasteiger partial charge in [0.1, 0.15) is 0 Å². The van der Waals surface area contributed by atoms with Crippen molar-refractivity contribution in [3.05, 3.63) is 0 Å². The Morgan fingerprint density at radius 3 is 2.62 bits per heavy atom. The minimum absolute atomic E-state index is 0.310. The zero-order valence-electron chi connectivity index (χ0n) is 9.18. The van der Waals surface area contributed by atoms with Crippen molar-refractivity contribution in [2.24, 2.45) is 11.1 Å². The molecule has 13 heavy (non-hydrogen) atoms. The second-order valence-corrected chi connectivity index (χ2v) is 4.76. The second-order valence-electron chi connectivity index (χ2n) is 4.76. The van der Waals surface area contributed by atoms with Crippen molar-refractivity contribution >= 4 is 0 Å². The summed E-state index contributed by atoms with van der Waals surface area (Å²) in [5.41, 5.74) is 5.94. The van der Waals surface area contributed by atoms with Gasteiger partial charge in [-0.05, 0) is 31.1 Å². The number of hydrogen-bond acceptors (Lipinski definition) is 2. The molecule has 1 fully saturated rings. The molecule has 0 spiro atoms. The molecule has 1 aliphatic heterocycles. The van der Waals surface area contributed by atoms with Crippen LogP contribution in [0.3, 0.4) is 0 Å². The van der Waals surface area contributed by atoms with Gasteiger partial charge in [-0.2, -0.15) is 0 Å². The first-order valence-corrected chi connectivity index (χ1v) is 5.45. The fraction of sp³-hybridized carbons (Fsp3) is 1.00. The Kier molecular flexibility index (Phi) is 3.74. The third-order valence-electron chi connectivity index (χ3n) is 3.39. The van der Waals surface area contributed by atoms with Gasteiger partial charge >= 0.3 is 0 Å². The molecule has 0 aromatic rings. The van der Waals surface area contributed by atoms with Gasteiger partial charge in [0.15, 0.2) is 0 Å². The predicted molar refractivity (Wildman–Crippen MR) is 55.6 cm³/mol. The largest absolute Gasteiger partial charge is 0.373 e. The predicted octanol–water partition coefficient (Wildman–Crippen LogP) is 2.32. The molecule has 0 radical (unpaired) electrons. The van der Waals surface area contributed by atoms with Crippen molar-refractivity contribution in [1.82, 2.24) is 0 Å². The van der Waals surface area contributed by atoms with E-state index >= 15 is 0 Å². The van der Waals surface area contributed by atoms with Gasteiger partial charge in [0.05, 0.1) is 12.2 Å². The molecule has 1 saturated heterocycles. The molecule has 2 atom stereocenters. The van der Waals surface area contributed by atoms with Crippen LogP contribution in [-0.4, -0.2) is 18.8 Å². The van der Waals surface area contributed by atoms with Crippen molar-refractivity contribution in [3.8, 4) is 0 Å². The van der Waals surface area contributed by atoms with Crippen LogP contribution in [0.2, 0.25) is 0 Å². The van der Waals surface area contributed by atoms with Gasteiger partial charge in [0.2, 0.25) is 0 Å². The quantitative estimate of drug-likeness (QED) is 0.732. The van der Waals surface area contributed by atoms with Crippen LogP contribution in [0.15, 0.2) is 0 Å². The van der Waals surface area contributed by atoms with E-state index in [9.17, 15) is 0 Å². The van der Waals surface area contributed by atoms with E-state index in [4.69, 9.17) is 10.5 Å². The summed E-state index contributed by atoms with van der Waals surface area (Å²) in [6.45, 7) is 7.48. The van der Waals surface area contributed by atoms with E-state index < -0.39 is 0 Å². The van der Waals surface area contributed by atoms with Crippen molar-refractivity contribution in [3.63, 3.8) is 0 Å². The second kappa shape index (κ2) is 4.43. The first-order valence-electron chi connectivity index (χ1n) is 5.45. The van der Waals surface area contributed by atoms with Crippen LogP contribution >= 0.6 is 0 Å². The summed E-state index contributed by atoms with van der Waals surface area (Å²) >= 11 is 0. The Bertz CT molecular complexity index is 156. The summed E-state index contributed by atoms with van der Waals surface area (Å²) in [7, 11) is 0. The SMILES string of the molecule is CCC(C)(C)C1CCCC(CN)O1. The van der Waals surface area contributed by atoms with Gasteiger partial charge in [0, 0.05) is 6.54 Å². The lowest BCUT2D eigenvalue weighted by Crippen LogP contribution is -2.40. The maximum atomic E-state index is 5.97. The molecule has 2 heteroatoms. The number of nitrogens with two attached hydrogens (primary N) is 1. The van der Waals surface area contributed by atoms with Crippen LogP contribution in [-0.2, 0) is 4.74 Å². The molecule has 1 rings (SSSR count). The molecule has 1 aliphatic rings. The van der Waals surface area contributed by atoms with E-state index in [2.05, 4.69) is 20.8 Å². The van der Waals surface area contributed by atoms with E-state index in [-0.39, 0.29) is 0 Å². The first-order chi connectivity index (χ1) is 6.10. The topological polar surface area (TPSA) is 35.2 Å². The van der Waals surface area contributed by atoms with Crippen molar-refractivity contribution in [1.29, 1.82) is 0 Å². The highest BCUT2D eigenvalue weighted by molar-refractivity contribution is 4.82. The summed E-state index contributed by atoms with van der Waals surface area (Å²) in [4.78, 5) is 0. The monoisotopic (exact) mass is 185 g/mol. The summed E-state index contributed by atoms with van der Waals surface area (Å²) in [5.74, 6) is 0. The third-order valence-corrected chi connectivity index (χ3v) is 3.39. The highest BCUT2D eigenvalue weighted by Gasteiger charge is 2.32. The smallest absolute Gasteiger partial charge is 0.0701 e. The fourth-order valence-corrected chi connectivity index (χ4v) is 1.88. The Morgan fingerprint density at radius 1 is 1.38 bits per heavy atom. The average Bonchev–Trinajstić information content (AvgIpc) is 2.18. The van der Waals surface area contributed by atoms with E-state index in [0.29, 0.717) is 24.2 Å². The minimum Gasteiger partial charge on any atom is -0.373 e. The molecule has 2 unspecified atom stereocenters. The number of hydrogen-bond donors (Lipinski definition) is 1. The normalized spacial score (nSPS) is 30.5. The van der Waals surface area contributed by atoms with Gasteiger partial charge in [-0.3, -0.25) is 0 Å². The zero-order valence-corrected chi connectivity index (χ0v) is 9.18. The standard InChI is InChI=1S/C11H23NO/c1-4-11(2,3)10-7-5-6-9(8-12)13-10/h9-10H,4-8,12H2,1-3H3. The minimum atomic E-state index is 0.310. The molecule has 0 aliphatic carbocycles. The Hall–Kier alpha value is -0.0800. The van der Waals surface area contributed by atoms with E-state index in [1.54, 1.807) is 0 Å². The van der Waals surface area contributed by atoms with Crippen LogP contribution in [0.4, 0.5) is 0 Å². The Morgan fingerprint density at radius 2 is 2.08 bits per heavy atom. The molecule has 1 heterocycles. The molecule has 0 aromatic carbocycles. The van der Waals surface area contributed by atoms with Crippen molar-refractivity contribution < 1.29 is 4.74 Å². The zero-order chi connectivity index (χ0) is 9.90. The Labute approximate surface area is 81.8 Å². The van der Waals surface area contributed by atoms with Crippen molar-refractivity contribution in [2.45, 2.75) is 58.7 Å². The van der Waals surface area contributed by atoms with E-state index in [1.165, 1.54) is 19.3 Å². The lowest BCUT2D eigenvalue weighted by molar-refractivity contribution is -0.100. The van der Waals surface area contributed by atoms with Gasteiger partial charge in [-0.15, -0.1) is 0 Å². The molecule has 0 amide bonds. The summed E-state index contributed by atoms with van der Waals surface area (Å²) in [6, 6.07) is 0. The van der Waals surface area contributed by atoms with E-state index in [1.807, 2.05) is 0 Å². The first kappa shape index (κ1) is 11.0. The van der Waals surface area contributed by atoms with Gasteiger partial charge in [-0.25, -0.2) is 0 Å². The summed E-state index contributed by atoms with van der Waals surface area (Å²) < 4.78 is 5.97. The van der Waals surface area contributed by atoms with E-state index in [0.717, 1.165) is 6.42 Å². The molecule has 0 saturated carbocycles. The van der Waals surface area contributed by atoms with Crippen LogP contribution in [0.1, 0.15) is 46.5 Å². The molecule has 78 valence electrons. The highest BCUT2D eigenvalue weighted by Crippen LogP contribution is 2.34. The molecule has 2 nitrogen and oxygen atoms in total. The Balaban J connectivity index is 2.50. The van der Waals surface area contributed by atoms with Crippen molar-refractivity contribution in [2.75, 3.05) is 6.54 Å². The number of rotatable bonds is 3. The van der Waals surface area contributed by atoms with Gasteiger partial charge < -0.3 is 10.5 Å².